The lowest BCUT2D eigenvalue weighted by Crippen LogP contribution is -2.59. The molecule has 1 heterocycles. The van der Waals surface area contributed by atoms with E-state index in [2.05, 4.69) is 37.5 Å². The average molecular weight is 214 g/mol. The van der Waals surface area contributed by atoms with Crippen molar-refractivity contribution >= 4 is 0 Å². The number of hydrogen-bond donors (Lipinski definition) is 1. The molecule has 0 saturated carbocycles. The molecule has 0 amide bonds. The fourth-order valence-electron chi connectivity index (χ4n) is 2.56. The molecule has 0 radical (unpaired) electrons. The smallest absolute Gasteiger partial charge is 0.0558 e. The molecule has 1 rings (SSSR count). The van der Waals surface area contributed by atoms with Crippen molar-refractivity contribution in [3.63, 3.8) is 0 Å². The fraction of sp³-hybridized carbons (Fsp3) is 1.00. The lowest BCUT2D eigenvalue weighted by atomic mass is 10.0. The molecule has 0 bridgehead atoms. The van der Waals surface area contributed by atoms with Gasteiger partial charge >= 0.3 is 0 Å². The van der Waals surface area contributed by atoms with Gasteiger partial charge in [0.15, 0.2) is 0 Å². The molecule has 3 heteroatoms. The van der Waals surface area contributed by atoms with Crippen molar-refractivity contribution in [3.8, 4) is 0 Å². The van der Waals surface area contributed by atoms with Gasteiger partial charge < -0.3 is 5.11 Å². The lowest BCUT2D eigenvalue weighted by Gasteiger charge is -2.47. The summed E-state index contributed by atoms with van der Waals surface area (Å²) in [6.45, 7) is 12.4. The van der Waals surface area contributed by atoms with E-state index >= 15 is 0 Å². The van der Waals surface area contributed by atoms with Crippen molar-refractivity contribution in [1.29, 1.82) is 0 Å². The van der Waals surface area contributed by atoms with Crippen molar-refractivity contribution in [1.82, 2.24) is 9.80 Å². The molecule has 1 fully saturated rings. The monoisotopic (exact) mass is 214 g/mol. The zero-order valence-corrected chi connectivity index (χ0v) is 10.6. The molecule has 1 saturated heterocycles. The Morgan fingerprint density at radius 2 is 2.00 bits per heavy atom. The van der Waals surface area contributed by atoms with Gasteiger partial charge in [-0.05, 0) is 27.2 Å². The van der Waals surface area contributed by atoms with Crippen LogP contribution in [-0.4, -0.2) is 59.3 Å². The first kappa shape index (κ1) is 12.9. The summed E-state index contributed by atoms with van der Waals surface area (Å²) in [7, 11) is 0. The standard InChI is InChI=1S/C12H26N2O/c1-5-12-9-13(6-7-15)11(4)8-14(12)10(2)3/h10-12,15H,5-9H2,1-4H3. The minimum atomic E-state index is 0.280. The first-order valence-corrected chi connectivity index (χ1v) is 6.20. The Morgan fingerprint density at radius 3 is 2.47 bits per heavy atom. The van der Waals surface area contributed by atoms with Crippen LogP contribution in [-0.2, 0) is 0 Å². The quantitative estimate of drug-likeness (QED) is 0.761. The Morgan fingerprint density at radius 1 is 1.33 bits per heavy atom. The van der Waals surface area contributed by atoms with Crippen molar-refractivity contribution in [2.75, 3.05) is 26.2 Å². The van der Waals surface area contributed by atoms with E-state index in [1.807, 2.05) is 0 Å². The van der Waals surface area contributed by atoms with Gasteiger partial charge in [-0.25, -0.2) is 0 Å². The van der Waals surface area contributed by atoms with Crippen LogP contribution in [0.1, 0.15) is 34.1 Å². The summed E-state index contributed by atoms with van der Waals surface area (Å²) in [5, 5.41) is 9.02. The molecule has 0 aromatic heterocycles. The summed E-state index contributed by atoms with van der Waals surface area (Å²) in [5.41, 5.74) is 0. The normalized spacial score (nSPS) is 30.0. The number of aliphatic hydroxyl groups is 1. The average Bonchev–Trinajstić information content (AvgIpc) is 2.20. The maximum absolute atomic E-state index is 9.02. The largest absolute Gasteiger partial charge is 0.395 e. The Labute approximate surface area is 94.1 Å². The van der Waals surface area contributed by atoms with Crippen molar-refractivity contribution < 1.29 is 5.11 Å². The molecule has 0 aliphatic carbocycles. The van der Waals surface area contributed by atoms with E-state index in [0.717, 1.165) is 19.6 Å². The number of hydrogen-bond acceptors (Lipinski definition) is 3. The van der Waals surface area contributed by atoms with Gasteiger partial charge in [-0.15, -0.1) is 0 Å². The molecular weight excluding hydrogens is 188 g/mol. The van der Waals surface area contributed by atoms with E-state index in [1.165, 1.54) is 6.42 Å². The topological polar surface area (TPSA) is 26.7 Å². The first-order valence-electron chi connectivity index (χ1n) is 6.20. The van der Waals surface area contributed by atoms with Crippen LogP contribution in [0.5, 0.6) is 0 Å². The molecule has 1 aliphatic heterocycles. The molecule has 0 aromatic carbocycles. The van der Waals surface area contributed by atoms with Crippen LogP contribution in [0.15, 0.2) is 0 Å². The summed E-state index contributed by atoms with van der Waals surface area (Å²) in [5.74, 6) is 0. The van der Waals surface area contributed by atoms with Crippen LogP contribution in [0.2, 0.25) is 0 Å². The highest BCUT2D eigenvalue weighted by Crippen LogP contribution is 2.19. The fourth-order valence-corrected chi connectivity index (χ4v) is 2.56. The second-order valence-electron chi connectivity index (χ2n) is 4.92. The van der Waals surface area contributed by atoms with Crippen LogP contribution in [0.3, 0.4) is 0 Å². The molecule has 1 aliphatic rings. The highest BCUT2D eigenvalue weighted by Gasteiger charge is 2.31. The number of aliphatic hydroxyl groups excluding tert-OH is 1. The number of rotatable bonds is 4. The molecule has 90 valence electrons. The second-order valence-corrected chi connectivity index (χ2v) is 4.92. The molecule has 1 N–H and O–H groups in total. The van der Waals surface area contributed by atoms with Gasteiger partial charge in [0.1, 0.15) is 0 Å². The molecule has 2 atom stereocenters. The Kier molecular flexibility index (Phi) is 5.03. The molecule has 15 heavy (non-hydrogen) atoms. The molecule has 0 aromatic rings. The van der Waals surface area contributed by atoms with Crippen molar-refractivity contribution in [2.24, 2.45) is 0 Å². The van der Waals surface area contributed by atoms with Crippen LogP contribution in [0, 0.1) is 0 Å². The highest BCUT2D eigenvalue weighted by molar-refractivity contribution is 4.87. The van der Waals surface area contributed by atoms with Crippen LogP contribution < -0.4 is 0 Å². The number of piperazine rings is 1. The summed E-state index contributed by atoms with van der Waals surface area (Å²) in [6, 6.07) is 1.86. The predicted molar refractivity (Wildman–Crippen MR) is 64.0 cm³/mol. The summed E-state index contributed by atoms with van der Waals surface area (Å²) in [4.78, 5) is 5.01. The molecule has 0 spiro atoms. The summed E-state index contributed by atoms with van der Waals surface area (Å²) in [6.07, 6.45) is 1.20. The van der Waals surface area contributed by atoms with E-state index in [9.17, 15) is 0 Å². The van der Waals surface area contributed by atoms with Gasteiger partial charge in [-0.1, -0.05) is 6.92 Å². The minimum Gasteiger partial charge on any atom is -0.395 e. The minimum absolute atomic E-state index is 0.280. The first-order chi connectivity index (χ1) is 7.10. The van der Waals surface area contributed by atoms with Gasteiger partial charge in [-0.3, -0.25) is 9.80 Å². The van der Waals surface area contributed by atoms with Crippen LogP contribution in [0.4, 0.5) is 0 Å². The SMILES string of the molecule is CCC1CN(CCO)C(C)CN1C(C)C. The number of nitrogens with zero attached hydrogens (tertiary/aromatic N) is 2. The van der Waals surface area contributed by atoms with Crippen LogP contribution in [0.25, 0.3) is 0 Å². The van der Waals surface area contributed by atoms with E-state index in [0.29, 0.717) is 18.1 Å². The van der Waals surface area contributed by atoms with E-state index in [4.69, 9.17) is 5.11 Å². The number of β-amino-alcohol motifs (C(OH)–C–C–N with tert-alkyl or cyclic N) is 1. The third kappa shape index (κ3) is 3.16. The highest BCUT2D eigenvalue weighted by atomic mass is 16.3. The molecule has 2 unspecified atom stereocenters. The van der Waals surface area contributed by atoms with Crippen molar-refractivity contribution in [3.05, 3.63) is 0 Å². The maximum Gasteiger partial charge on any atom is 0.0558 e. The predicted octanol–water partition coefficient (Wildman–Crippen LogP) is 1.17. The maximum atomic E-state index is 9.02. The van der Waals surface area contributed by atoms with Gasteiger partial charge in [0.25, 0.3) is 0 Å². The molecular formula is C12H26N2O. The molecule has 3 nitrogen and oxygen atoms in total. The van der Waals surface area contributed by atoms with E-state index < -0.39 is 0 Å². The summed E-state index contributed by atoms with van der Waals surface area (Å²) >= 11 is 0. The van der Waals surface area contributed by atoms with Crippen LogP contribution >= 0.6 is 0 Å². The zero-order chi connectivity index (χ0) is 11.4. The second kappa shape index (κ2) is 5.83. The third-order valence-electron chi connectivity index (χ3n) is 3.53. The Balaban J connectivity index is 2.60. The van der Waals surface area contributed by atoms with Gasteiger partial charge in [0, 0.05) is 37.8 Å². The Hall–Kier alpha value is -0.120. The Bertz CT molecular complexity index is 184. The van der Waals surface area contributed by atoms with E-state index in [-0.39, 0.29) is 6.61 Å². The summed E-state index contributed by atoms with van der Waals surface area (Å²) < 4.78 is 0. The van der Waals surface area contributed by atoms with Gasteiger partial charge in [-0.2, -0.15) is 0 Å². The van der Waals surface area contributed by atoms with Gasteiger partial charge in [0.05, 0.1) is 6.61 Å². The van der Waals surface area contributed by atoms with Gasteiger partial charge in [0.2, 0.25) is 0 Å². The lowest BCUT2D eigenvalue weighted by molar-refractivity contribution is 0.00752. The van der Waals surface area contributed by atoms with Crippen molar-refractivity contribution in [2.45, 2.75) is 52.2 Å². The zero-order valence-electron chi connectivity index (χ0n) is 10.6. The third-order valence-corrected chi connectivity index (χ3v) is 3.53. The van der Waals surface area contributed by atoms with E-state index in [1.54, 1.807) is 0 Å².